The maximum absolute atomic E-state index is 13.6. The van der Waals surface area contributed by atoms with Gasteiger partial charge in [-0.2, -0.15) is 0 Å². The van der Waals surface area contributed by atoms with Gasteiger partial charge in [0.25, 0.3) is 0 Å². The van der Waals surface area contributed by atoms with Crippen molar-refractivity contribution in [3.05, 3.63) is 53.9 Å². The van der Waals surface area contributed by atoms with E-state index in [1.807, 2.05) is 58.0 Å². The van der Waals surface area contributed by atoms with Gasteiger partial charge in [-0.1, -0.05) is 6.07 Å². The minimum Gasteiger partial charge on any atom is -0.497 e. The zero-order valence-corrected chi connectivity index (χ0v) is 22.0. The number of hydrogen-bond donors (Lipinski definition) is 2. The molecule has 0 saturated heterocycles. The number of methoxy groups -OCH3 is 1. The molecule has 1 saturated carbocycles. The molecule has 3 N–H and O–H groups in total. The van der Waals surface area contributed by atoms with Crippen molar-refractivity contribution in [2.45, 2.75) is 70.2 Å². The van der Waals surface area contributed by atoms with Crippen LogP contribution in [0.3, 0.4) is 0 Å². The van der Waals surface area contributed by atoms with E-state index in [2.05, 4.69) is 15.3 Å². The highest BCUT2D eigenvalue weighted by molar-refractivity contribution is 5.99. The molecule has 5 rings (SSSR count). The normalized spacial score (nSPS) is 26.3. The van der Waals surface area contributed by atoms with Crippen LogP contribution in [0.4, 0.5) is 0 Å². The number of benzene rings is 1. The second kappa shape index (κ2) is 9.04. The standard InChI is InChI=1S/C28H35N5O4/c1-27(2)14-23(34)33(26(29)32-27)24(16-7-6-10-30-15-16)19-12-20(19)25(35)31-21-13-28(3,4)37-22-11-17(36-5)8-9-18(21)22/h6-11,15,19-21,24H,12-14H2,1-5H3,(H2,29,32)(H,31,35)/t19-,20-,21-,24-/m0/s1. The van der Waals surface area contributed by atoms with Crippen LogP contribution in [0.25, 0.3) is 0 Å². The summed E-state index contributed by atoms with van der Waals surface area (Å²) in [6.45, 7) is 7.81. The zero-order chi connectivity index (χ0) is 26.5. The summed E-state index contributed by atoms with van der Waals surface area (Å²) in [6.07, 6.45) is 4.97. The van der Waals surface area contributed by atoms with Gasteiger partial charge in [-0.05, 0) is 63.8 Å². The highest BCUT2D eigenvalue weighted by Gasteiger charge is 2.53. The lowest BCUT2D eigenvalue weighted by atomic mass is 9.89. The molecule has 37 heavy (non-hydrogen) atoms. The van der Waals surface area contributed by atoms with Crippen LogP contribution >= 0.6 is 0 Å². The van der Waals surface area contributed by atoms with Gasteiger partial charge in [0.2, 0.25) is 11.8 Å². The van der Waals surface area contributed by atoms with E-state index in [-0.39, 0.29) is 42.1 Å². The number of fused-ring (bicyclic) bond motifs is 1. The molecule has 196 valence electrons. The summed E-state index contributed by atoms with van der Waals surface area (Å²) in [5.74, 6) is 1.13. The predicted molar refractivity (Wildman–Crippen MR) is 139 cm³/mol. The lowest BCUT2D eigenvalue weighted by Gasteiger charge is -2.39. The maximum atomic E-state index is 13.6. The van der Waals surface area contributed by atoms with E-state index in [4.69, 9.17) is 15.2 Å². The van der Waals surface area contributed by atoms with Crippen LogP contribution < -0.4 is 20.5 Å². The van der Waals surface area contributed by atoms with E-state index in [0.717, 1.165) is 11.1 Å². The van der Waals surface area contributed by atoms with Crippen molar-refractivity contribution < 1.29 is 19.1 Å². The number of nitrogens with one attached hydrogen (secondary N) is 1. The number of pyridine rings is 1. The quantitative estimate of drug-likeness (QED) is 0.620. The number of rotatable bonds is 6. The summed E-state index contributed by atoms with van der Waals surface area (Å²) in [4.78, 5) is 37.2. The average molecular weight is 506 g/mol. The fourth-order valence-electron chi connectivity index (χ4n) is 5.65. The molecule has 3 aliphatic rings. The number of nitrogens with two attached hydrogens (primary N) is 1. The molecule has 2 aromatic rings. The minimum absolute atomic E-state index is 0.0383. The Morgan fingerprint density at radius 2 is 2.05 bits per heavy atom. The van der Waals surface area contributed by atoms with Gasteiger partial charge in [-0.25, -0.2) is 4.99 Å². The number of carbonyl (C=O) groups is 2. The van der Waals surface area contributed by atoms with Gasteiger partial charge in [0.15, 0.2) is 5.96 Å². The second-order valence-corrected chi connectivity index (χ2v) is 11.5. The Bertz CT molecular complexity index is 1240. The van der Waals surface area contributed by atoms with Crippen LogP contribution in [0, 0.1) is 11.8 Å². The second-order valence-electron chi connectivity index (χ2n) is 11.5. The first-order chi connectivity index (χ1) is 17.5. The molecule has 3 heterocycles. The van der Waals surface area contributed by atoms with E-state index < -0.39 is 17.2 Å². The van der Waals surface area contributed by atoms with Gasteiger partial charge in [0.1, 0.15) is 17.1 Å². The largest absolute Gasteiger partial charge is 0.497 e. The van der Waals surface area contributed by atoms with E-state index >= 15 is 0 Å². The fourth-order valence-corrected chi connectivity index (χ4v) is 5.65. The molecule has 0 bridgehead atoms. The number of hydrogen-bond acceptors (Lipinski definition) is 7. The molecular formula is C28H35N5O4. The summed E-state index contributed by atoms with van der Waals surface area (Å²) in [7, 11) is 1.62. The van der Waals surface area contributed by atoms with Crippen molar-refractivity contribution in [2.24, 2.45) is 22.6 Å². The molecule has 9 nitrogen and oxygen atoms in total. The third-order valence-electron chi connectivity index (χ3n) is 7.40. The molecular weight excluding hydrogens is 470 g/mol. The number of ether oxygens (including phenoxy) is 2. The third kappa shape index (κ3) is 4.99. The predicted octanol–water partition coefficient (Wildman–Crippen LogP) is 3.51. The summed E-state index contributed by atoms with van der Waals surface area (Å²) in [6, 6.07) is 8.85. The Morgan fingerprint density at radius 1 is 1.27 bits per heavy atom. The highest BCUT2D eigenvalue weighted by Crippen LogP contribution is 2.51. The Kier molecular flexibility index (Phi) is 6.12. The molecule has 2 aliphatic heterocycles. The first-order valence-electron chi connectivity index (χ1n) is 12.7. The smallest absolute Gasteiger partial charge is 0.232 e. The zero-order valence-electron chi connectivity index (χ0n) is 22.0. The van der Waals surface area contributed by atoms with Gasteiger partial charge in [-0.15, -0.1) is 0 Å². The number of aliphatic imine (C=N–C) groups is 1. The van der Waals surface area contributed by atoms with Crippen LogP contribution in [0.1, 0.15) is 70.2 Å². The number of amides is 2. The van der Waals surface area contributed by atoms with Crippen molar-refractivity contribution in [1.82, 2.24) is 15.2 Å². The van der Waals surface area contributed by atoms with Gasteiger partial charge in [-0.3, -0.25) is 19.5 Å². The molecule has 1 aromatic heterocycles. The molecule has 4 atom stereocenters. The Hall–Kier alpha value is -3.62. The van der Waals surface area contributed by atoms with Gasteiger partial charge in [0, 0.05) is 36.4 Å². The maximum Gasteiger partial charge on any atom is 0.232 e. The molecule has 1 aliphatic carbocycles. The summed E-state index contributed by atoms with van der Waals surface area (Å²) < 4.78 is 11.5. The van der Waals surface area contributed by atoms with E-state index in [0.29, 0.717) is 24.3 Å². The minimum atomic E-state index is -0.552. The molecule has 9 heteroatoms. The molecule has 0 radical (unpaired) electrons. The van der Waals surface area contributed by atoms with E-state index in [9.17, 15) is 9.59 Å². The first-order valence-corrected chi connectivity index (χ1v) is 12.7. The van der Waals surface area contributed by atoms with Gasteiger partial charge in [0.05, 0.1) is 31.2 Å². The summed E-state index contributed by atoms with van der Waals surface area (Å²) in [5.41, 5.74) is 7.11. The summed E-state index contributed by atoms with van der Waals surface area (Å²) >= 11 is 0. The van der Waals surface area contributed by atoms with Crippen molar-refractivity contribution in [1.29, 1.82) is 0 Å². The molecule has 1 aromatic carbocycles. The SMILES string of the molecule is COc1ccc2c(c1)OC(C)(C)C[C@@H]2NC(=O)[C@H]1C[C@@H]1[C@H](c1cccnc1)N1C(=O)CC(C)(C)N=C1N. The molecule has 0 spiro atoms. The number of nitrogens with zero attached hydrogens (tertiary/aromatic N) is 3. The van der Waals surface area contributed by atoms with Crippen LogP contribution in [-0.2, 0) is 9.59 Å². The van der Waals surface area contributed by atoms with Crippen LogP contribution in [-0.4, -0.2) is 45.9 Å². The van der Waals surface area contributed by atoms with Crippen molar-refractivity contribution in [3.63, 3.8) is 0 Å². The van der Waals surface area contributed by atoms with Crippen LogP contribution in [0.5, 0.6) is 11.5 Å². The van der Waals surface area contributed by atoms with E-state index in [1.54, 1.807) is 24.4 Å². The molecule has 2 amide bonds. The summed E-state index contributed by atoms with van der Waals surface area (Å²) in [5, 5.41) is 3.26. The number of guanidine groups is 1. The van der Waals surface area contributed by atoms with Crippen LogP contribution in [0.15, 0.2) is 47.7 Å². The van der Waals surface area contributed by atoms with Crippen molar-refractivity contribution >= 4 is 17.8 Å². The monoisotopic (exact) mass is 505 g/mol. The first kappa shape index (κ1) is 25.0. The lowest BCUT2D eigenvalue weighted by molar-refractivity contribution is -0.132. The fraction of sp³-hybridized carbons (Fsp3) is 0.500. The van der Waals surface area contributed by atoms with Gasteiger partial charge >= 0.3 is 0 Å². The van der Waals surface area contributed by atoms with E-state index in [1.165, 1.54) is 0 Å². The Labute approximate surface area is 217 Å². The number of carbonyl (C=O) groups excluding carboxylic acids is 2. The Balaban J connectivity index is 1.39. The highest BCUT2D eigenvalue weighted by atomic mass is 16.5. The van der Waals surface area contributed by atoms with Crippen molar-refractivity contribution in [2.75, 3.05) is 7.11 Å². The number of aromatic nitrogens is 1. The van der Waals surface area contributed by atoms with Gasteiger partial charge < -0.3 is 20.5 Å². The molecule has 0 unspecified atom stereocenters. The molecule has 1 fully saturated rings. The van der Waals surface area contributed by atoms with Crippen molar-refractivity contribution in [3.8, 4) is 11.5 Å². The third-order valence-corrected chi connectivity index (χ3v) is 7.40. The topological polar surface area (TPSA) is 119 Å². The average Bonchev–Trinajstić information content (AvgIpc) is 3.60. The van der Waals surface area contributed by atoms with Crippen LogP contribution in [0.2, 0.25) is 0 Å². The Morgan fingerprint density at radius 3 is 2.73 bits per heavy atom. The lowest BCUT2D eigenvalue weighted by Crippen LogP contribution is -2.52.